The van der Waals surface area contributed by atoms with E-state index in [0.29, 0.717) is 30.7 Å². The van der Waals surface area contributed by atoms with Crippen LogP contribution < -0.4 is 15.5 Å². The lowest BCUT2D eigenvalue weighted by Gasteiger charge is -2.34. The van der Waals surface area contributed by atoms with Gasteiger partial charge in [-0.3, -0.25) is 9.89 Å². The van der Waals surface area contributed by atoms with Crippen LogP contribution in [0.4, 0.5) is 10.1 Å². The number of rotatable bonds is 7. The van der Waals surface area contributed by atoms with E-state index >= 15 is 0 Å². The van der Waals surface area contributed by atoms with Crippen molar-refractivity contribution >= 4 is 11.6 Å². The maximum atomic E-state index is 14.1. The quantitative estimate of drug-likeness (QED) is 0.560. The molecular weight excluding hydrogens is 345 g/mol. The van der Waals surface area contributed by atoms with Crippen molar-refractivity contribution in [3.05, 3.63) is 29.6 Å². The monoisotopic (exact) mass is 379 g/mol. The number of guanidine groups is 1. The molecule has 1 heterocycles. The lowest BCUT2D eigenvalue weighted by Crippen LogP contribution is -2.50. The zero-order valence-corrected chi connectivity index (χ0v) is 17.3. The van der Waals surface area contributed by atoms with Gasteiger partial charge in [0.2, 0.25) is 0 Å². The highest BCUT2D eigenvalue weighted by molar-refractivity contribution is 5.79. The van der Waals surface area contributed by atoms with Gasteiger partial charge in [-0.15, -0.1) is 0 Å². The van der Waals surface area contributed by atoms with Crippen LogP contribution >= 0.6 is 0 Å². The van der Waals surface area contributed by atoms with E-state index in [0.717, 1.165) is 31.8 Å². The number of anilines is 1. The molecule has 1 aliphatic rings. The van der Waals surface area contributed by atoms with Gasteiger partial charge in [0.25, 0.3) is 0 Å². The maximum absolute atomic E-state index is 14.1. The van der Waals surface area contributed by atoms with Gasteiger partial charge in [-0.1, -0.05) is 19.9 Å². The number of hydrogen-bond donors (Lipinski definition) is 2. The highest BCUT2D eigenvalue weighted by Gasteiger charge is 2.21. The van der Waals surface area contributed by atoms with Gasteiger partial charge in [-0.05, 0) is 23.6 Å². The van der Waals surface area contributed by atoms with E-state index in [9.17, 15) is 4.39 Å². The SMILES string of the molecule is CN=C(NCc1ccc(N(C)C)c(F)c1)NCC1CN(CC(C)C)CCO1. The number of morpholine rings is 1. The molecule has 0 aromatic heterocycles. The summed E-state index contributed by atoms with van der Waals surface area (Å²) in [7, 11) is 5.40. The Morgan fingerprint density at radius 1 is 1.37 bits per heavy atom. The van der Waals surface area contributed by atoms with E-state index in [1.54, 1.807) is 24.1 Å². The molecular formula is C20H34FN5O. The van der Waals surface area contributed by atoms with Crippen molar-refractivity contribution in [2.24, 2.45) is 10.9 Å². The summed E-state index contributed by atoms with van der Waals surface area (Å²) in [6.45, 7) is 9.47. The van der Waals surface area contributed by atoms with Gasteiger partial charge < -0.3 is 20.3 Å². The van der Waals surface area contributed by atoms with Gasteiger partial charge in [-0.25, -0.2) is 4.39 Å². The summed E-state index contributed by atoms with van der Waals surface area (Å²) in [5.74, 6) is 1.13. The molecule has 1 fully saturated rings. The zero-order chi connectivity index (χ0) is 19.8. The number of hydrogen-bond acceptors (Lipinski definition) is 4. The third-order valence-electron chi connectivity index (χ3n) is 4.52. The van der Waals surface area contributed by atoms with Crippen LogP contribution in [0, 0.1) is 11.7 Å². The average molecular weight is 380 g/mol. The van der Waals surface area contributed by atoms with Crippen molar-refractivity contribution in [1.82, 2.24) is 15.5 Å². The second-order valence-corrected chi connectivity index (χ2v) is 7.63. The Morgan fingerprint density at radius 3 is 2.78 bits per heavy atom. The number of nitrogens with zero attached hydrogens (tertiary/aromatic N) is 3. The van der Waals surface area contributed by atoms with Crippen LogP contribution in [0.5, 0.6) is 0 Å². The van der Waals surface area contributed by atoms with Gasteiger partial charge in [-0.2, -0.15) is 0 Å². The maximum Gasteiger partial charge on any atom is 0.191 e. The Hall–Kier alpha value is -1.86. The van der Waals surface area contributed by atoms with E-state index in [1.807, 2.05) is 20.2 Å². The van der Waals surface area contributed by atoms with Gasteiger partial charge in [0.15, 0.2) is 5.96 Å². The van der Waals surface area contributed by atoms with Gasteiger partial charge in [0.05, 0.1) is 18.4 Å². The highest BCUT2D eigenvalue weighted by atomic mass is 19.1. The Balaban J connectivity index is 1.80. The fourth-order valence-corrected chi connectivity index (χ4v) is 3.23. The van der Waals surface area contributed by atoms with Gasteiger partial charge in [0.1, 0.15) is 5.82 Å². The van der Waals surface area contributed by atoms with Crippen LogP contribution in [-0.2, 0) is 11.3 Å². The second kappa shape index (κ2) is 10.5. The Kier molecular flexibility index (Phi) is 8.31. The highest BCUT2D eigenvalue weighted by Crippen LogP contribution is 2.18. The first-order valence-corrected chi connectivity index (χ1v) is 9.63. The Bertz CT molecular complexity index is 620. The molecule has 1 saturated heterocycles. The minimum absolute atomic E-state index is 0.146. The predicted octanol–water partition coefficient (Wildman–Crippen LogP) is 1.91. The summed E-state index contributed by atoms with van der Waals surface area (Å²) in [6, 6.07) is 5.28. The number of halogens is 1. The number of benzene rings is 1. The first-order chi connectivity index (χ1) is 12.9. The predicted molar refractivity (Wildman–Crippen MR) is 110 cm³/mol. The fourth-order valence-electron chi connectivity index (χ4n) is 3.23. The molecule has 7 heteroatoms. The molecule has 1 aromatic rings. The molecule has 27 heavy (non-hydrogen) atoms. The summed E-state index contributed by atoms with van der Waals surface area (Å²) in [6.07, 6.45) is 0.146. The number of nitrogens with one attached hydrogen (secondary N) is 2. The average Bonchev–Trinajstić information content (AvgIpc) is 2.61. The van der Waals surface area contributed by atoms with Crippen molar-refractivity contribution in [1.29, 1.82) is 0 Å². The summed E-state index contributed by atoms with van der Waals surface area (Å²) in [4.78, 5) is 8.46. The topological polar surface area (TPSA) is 52.1 Å². The van der Waals surface area contributed by atoms with Crippen LogP contribution in [0.3, 0.4) is 0 Å². The molecule has 0 radical (unpaired) electrons. The molecule has 2 rings (SSSR count). The van der Waals surface area contributed by atoms with E-state index in [-0.39, 0.29) is 11.9 Å². The number of ether oxygens (including phenoxy) is 1. The Labute approximate surface area is 162 Å². The van der Waals surface area contributed by atoms with Crippen LogP contribution in [0.25, 0.3) is 0 Å². The van der Waals surface area contributed by atoms with Crippen LogP contribution in [0.1, 0.15) is 19.4 Å². The smallest absolute Gasteiger partial charge is 0.191 e. The van der Waals surface area contributed by atoms with E-state index < -0.39 is 0 Å². The van der Waals surface area contributed by atoms with Crippen molar-refractivity contribution < 1.29 is 9.13 Å². The molecule has 1 unspecified atom stereocenters. The molecule has 6 nitrogen and oxygen atoms in total. The molecule has 2 N–H and O–H groups in total. The first-order valence-electron chi connectivity index (χ1n) is 9.63. The van der Waals surface area contributed by atoms with E-state index in [4.69, 9.17) is 4.74 Å². The molecule has 152 valence electrons. The minimum atomic E-state index is -0.219. The van der Waals surface area contributed by atoms with Gasteiger partial charge >= 0.3 is 0 Å². The standard InChI is InChI=1S/C20H34FN5O/c1-15(2)13-26-8-9-27-17(14-26)12-24-20(22-3)23-11-16-6-7-19(25(4)5)18(21)10-16/h6-7,10,15,17H,8-9,11-14H2,1-5H3,(H2,22,23,24). The first kappa shape index (κ1) is 21.4. The van der Waals surface area contributed by atoms with Crippen molar-refractivity contribution in [3.8, 4) is 0 Å². The molecule has 0 bridgehead atoms. The lowest BCUT2D eigenvalue weighted by atomic mass is 10.2. The molecule has 0 spiro atoms. The molecule has 0 amide bonds. The van der Waals surface area contributed by atoms with Crippen LogP contribution in [0.15, 0.2) is 23.2 Å². The van der Waals surface area contributed by atoms with Crippen LogP contribution in [0.2, 0.25) is 0 Å². The van der Waals surface area contributed by atoms with E-state index in [1.165, 1.54) is 0 Å². The van der Waals surface area contributed by atoms with Crippen molar-refractivity contribution in [2.75, 3.05) is 58.8 Å². The Morgan fingerprint density at radius 2 is 2.15 bits per heavy atom. The molecule has 1 aromatic carbocycles. The van der Waals surface area contributed by atoms with Crippen molar-refractivity contribution in [2.45, 2.75) is 26.5 Å². The lowest BCUT2D eigenvalue weighted by molar-refractivity contribution is -0.0284. The third kappa shape index (κ3) is 6.99. The molecule has 1 aliphatic heterocycles. The number of aliphatic imine (C=N–C) groups is 1. The largest absolute Gasteiger partial charge is 0.375 e. The molecule has 0 saturated carbocycles. The minimum Gasteiger partial charge on any atom is -0.375 e. The second-order valence-electron chi connectivity index (χ2n) is 7.63. The normalized spacial score (nSPS) is 18.6. The van der Waals surface area contributed by atoms with E-state index in [2.05, 4.69) is 34.4 Å². The zero-order valence-electron chi connectivity index (χ0n) is 17.3. The third-order valence-corrected chi connectivity index (χ3v) is 4.52. The molecule has 0 aliphatic carbocycles. The summed E-state index contributed by atoms with van der Waals surface area (Å²) < 4.78 is 19.9. The fraction of sp³-hybridized carbons (Fsp3) is 0.650. The summed E-state index contributed by atoms with van der Waals surface area (Å²) in [5, 5.41) is 6.55. The summed E-state index contributed by atoms with van der Waals surface area (Å²) in [5.41, 5.74) is 1.46. The molecule has 1 atom stereocenters. The van der Waals surface area contributed by atoms with Crippen LogP contribution in [-0.4, -0.2) is 70.9 Å². The van der Waals surface area contributed by atoms with Crippen molar-refractivity contribution in [3.63, 3.8) is 0 Å². The summed E-state index contributed by atoms with van der Waals surface area (Å²) >= 11 is 0. The van der Waals surface area contributed by atoms with Gasteiger partial charge in [0, 0.05) is 53.9 Å².